The summed E-state index contributed by atoms with van der Waals surface area (Å²) in [4.78, 5) is 17.7. The van der Waals surface area contributed by atoms with Crippen molar-refractivity contribution in [1.82, 2.24) is 10.3 Å². The predicted molar refractivity (Wildman–Crippen MR) is 132 cm³/mol. The molecule has 0 unspecified atom stereocenters. The molecule has 0 fully saturated rings. The number of aryl methyl sites for hydroxylation is 1. The number of ether oxygens (including phenoxy) is 2. The fourth-order valence-electron chi connectivity index (χ4n) is 3.84. The Morgan fingerprint density at radius 1 is 0.971 bits per heavy atom. The molecule has 3 aromatic carbocycles. The third kappa shape index (κ3) is 5.53. The molecule has 4 rings (SSSR count). The summed E-state index contributed by atoms with van der Waals surface area (Å²) in [6.07, 6.45) is 0.539. The lowest BCUT2D eigenvalue weighted by Crippen LogP contribution is -2.39. The standard InChI is InChI=1S/C28H28N2O4/c1-19-24(28(32)30-23(17-31)13-20-9-5-3-6-10-20)14-22-15-27(26(33-2)16-25(22)29-19)34-18-21-11-7-4-8-12-21/h3-12,14-16,23,31H,13,17-18H2,1-2H3,(H,30,32)/t23-/m0/s1. The van der Waals surface area contributed by atoms with Gasteiger partial charge in [-0.25, -0.2) is 0 Å². The van der Waals surface area contributed by atoms with Crippen molar-refractivity contribution in [3.05, 3.63) is 101 Å². The Bertz CT molecular complexity index is 1260. The van der Waals surface area contributed by atoms with Crippen molar-refractivity contribution in [3.63, 3.8) is 0 Å². The second-order valence-corrected chi connectivity index (χ2v) is 8.13. The highest BCUT2D eigenvalue weighted by molar-refractivity contribution is 5.99. The zero-order chi connectivity index (χ0) is 23.9. The molecular formula is C28H28N2O4. The fraction of sp³-hybridized carbons (Fsp3) is 0.214. The topological polar surface area (TPSA) is 80.7 Å². The molecule has 0 radical (unpaired) electrons. The number of aliphatic hydroxyl groups excluding tert-OH is 1. The molecule has 1 heterocycles. The first-order chi connectivity index (χ1) is 16.6. The molecule has 0 bridgehead atoms. The number of aromatic nitrogens is 1. The fourth-order valence-corrected chi connectivity index (χ4v) is 3.84. The van der Waals surface area contributed by atoms with Crippen LogP contribution < -0.4 is 14.8 Å². The van der Waals surface area contributed by atoms with Gasteiger partial charge < -0.3 is 19.9 Å². The van der Waals surface area contributed by atoms with E-state index >= 15 is 0 Å². The van der Waals surface area contributed by atoms with Gasteiger partial charge in [-0.2, -0.15) is 0 Å². The monoisotopic (exact) mass is 456 g/mol. The van der Waals surface area contributed by atoms with Crippen LogP contribution in [0.15, 0.2) is 78.9 Å². The summed E-state index contributed by atoms with van der Waals surface area (Å²) in [6, 6.07) is 24.7. The van der Waals surface area contributed by atoms with Crippen molar-refractivity contribution < 1.29 is 19.4 Å². The molecule has 6 heteroatoms. The van der Waals surface area contributed by atoms with Crippen molar-refractivity contribution in [2.75, 3.05) is 13.7 Å². The highest BCUT2D eigenvalue weighted by Gasteiger charge is 2.18. The molecule has 1 aromatic heterocycles. The van der Waals surface area contributed by atoms with E-state index in [4.69, 9.17) is 9.47 Å². The first-order valence-electron chi connectivity index (χ1n) is 11.2. The molecule has 174 valence electrons. The van der Waals surface area contributed by atoms with Crippen LogP contribution >= 0.6 is 0 Å². The second kappa shape index (κ2) is 10.8. The third-order valence-electron chi connectivity index (χ3n) is 5.65. The molecule has 1 atom stereocenters. The van der Waals surface area contributed by atoms with E-state index < -0.39 is 6.04 Å². The van der Waals surface area contributed by atoms with Crippen molar-refractivity contribution in [2.24, 2.45) is 0 Å². The van der Waals surface area contributed by atoms with Crippen LogP contribution in [0.4, 0.5) is 0 Å². The summed E-state index contributed by atoms with van der Waals surface area (Å²) in [5.74, 6) is 0.883. The van der Waals surface area contributed by atoms with Gasteiger partial charge in [-0.3, -0.25) is 9.78 Å². The number of carbonyl (C=O) groups is 1. The van der Waals surface area contributed by atoms with Gasteiger partial charge in [0.25, 0.3) is 5.91 Å². The molecule has 4 aromatic rings. The SMILES string of the molecule is COc1cc2nc(C)c(C(=O)N[C@H](CO)Cc3ccccc3)cc2cc1OCc1ccccc1. The molecule has 0 saturated heterocycles. The maximum atomic E-state index is 13.1. The third-order valence-corrected chi connectivity index (χ3v) is 5.65. The van der Waals surface area contributed by atoms with Crippen molar-refractivity contribution in [1.29, 1.82) is 0 Å². The summed E-state index contributed by atoms with van der Waals surface area (Å²) in [6.45, 7) is 2.04. The Balaban J connectivity index is 1.57. The zero-order valence-electron chi connectivity index (χ0n) is 19.3. The van der Waals surface area contributed by atoms with Crippen LogP contribution in [0.25, 0.3) is 10.9 Å². The van der Waals surface area contributed by atoms with Crippen LogP contribution in [-0.4, -0.2) is 35.8 Å². The van der Waals surface area contributed by atoms with Crippen LogP contribution in [0.2, 0.25) is 0 Å². The number of aliphatic hydroxyl groups is 1. The molecule has 2 N–H and O–H groups in total. The minimum atomic E-state index is -0.398. The van der Waals surface area contributed by atoms with Gasteiger partial charge in [-0.1, -0.05) is 60.7 Å². The molecule has 6 nitrogen and oxygen atoms in total. The van der Waals surface area contributed by atoms with Gasteiger partial charge in [0.05, 0.1) is 36.5 Å². The van der Waals surface area contributed by atoms with Crippen LogP contribution in [0.1, 0.15) is 27.2 Å². The van der Waals surface area contributed by atoms with Crippen molar-refractivity contribution in [2.45, 2.75) is 26.0 Å². The van der Waals surface area contributed by atoms with E-state index in [1.54, 1.807) is 20.1 Å². The normalized spacial score (nSPS) is 11.7. The Hall–Kier alpha value is -3.90. The zero-order valence-corrected chi connectivity index (χ0v) is 19.3. The molecule has 34 heavy (non-hydrogen) atoms. The summed E-state index contributed by atoms with van der Waals surface area (Å²) in [5, 5.41) is 13.5. The number of benzene rings is 3. The smallest absolute Gasteiger partial charge is 0.253 e. The van der Waals surface area contributed by atoms with Crippen LogP contribution in [0.5, 0.6) is 11.5 Å². The maximum Gasteiger partial charge on any atom is 0.253 e. The van der Waals surface area contributed by atoms with E-state index in [2.05, 4.69) is 10.3 Å². The first kappa shape index (κ1) is 23.3. The number of amides is 1. The quantitative estimate of drug-likeness (QED) is 0.389. The number of methoxy groups -OCH3 is 1. The summed E-state index contributed by atoms with van der Waals surface area (Å²) >= 11 is 0. The Labute approximate surface area is 199 Å². The molecule has 1 amide bonds. The lowest BCUT2D eigenvalue weighted by atomic mass is 10.0. The number of hydrogen-bond donors (Lipinski definition) is 2. The average Bonchev–Trinajstić information content (AvgIpc) is 2.87. The Kier molecular flexibility index (Phi) is 7.40. The van der Waals surface area contributed by atoms with Gasteiger partial charge in [0.2, 0.25) is 0 Å². The molecule has 0 aliphatic heterocycles. The average molecular weight is 457 g/mol. The van der Waals surface area contributed by atoms with Crippen LogP contribution in [0, 0.1) is 6.92 Å². The number of rotatable bonds is 9. The number of carbonyl (C=O) groups excluding carboxylic acids is 1. The molecule has 0 spiro atoms. The lowest BCUT2D eigenvalue weighted by molar-refractivity contribution is 0.0915. The summed E-state index contributed by atoms with van der Waals surface area (Å²) < 4.78 is 11.5. The molecule has 0 saturated carbocycles. The number of pyridine rings is 1. The van der Waals surface area contributed by atoms with Crippen LogP contribution in [-0.2, 0) is 13.0 Å². The van der Waals surface area contributed by atoms with Crippen molar-refractivity contribution in [3.8, 4) is 11.5 Å². The lowest BCUT2D eigenvalue weighted by Gasteiger charge is -2.18. The van der Waals surface area contributed by atoms with E-state index in [0.29, 0.717) is 41.3 Å². The number of fused-ring (bicyclic) bond motifs is 1. The van der Waals surface area contributed by atoms with E-state index in [1.807, 2.05) is 72.8 Å². The molecule has 0 aliphatic carbocycles. The summed E-state index contributed by atoms with van der Waals surface area (Å²) in [5.41, 5.74) is 3.85. The van der Waals surface area contributed by atoms with E-state index in [9.17, 15) is 9.90 Å². The minimum absolute atomic E-state index is 0.157. The van der Waals surface area contributed by atoms with Gasteiger partial charge in [0, 0.05) is 11.5 Å². The maximum absolute atomic E-state index is 13.1. The molecular weight excluding hydrogens is 428 g/mol. The van der Waals surface area contributed by atoms with E-state index in [1.165, 1.54) is 0 Å². The predicted octanol–water partition coefficient (Wildman–Crippen LogP) is 4.46. The van der Waals surface area contributed by atoms with Gasteiger partial charge in [0.1, 0.15) is 6.61 Å². The van der Waals surface area contributed by atoms with Gasteiger partial charge in [-0.15, -0.1) is 0 Å². The van der Waals surface area contributed by atoms with Crippen molar-refractivity contribution >= 4 is 16.8 Å². The summed E-state index contributed by atoms with van der Waals surface area (Å²) in [7, 11) is 1.59. The highest BCUT2D eigenvalue weighted by atomic mass is 16.5. The van der Waals surface area contributed by atoms with Crippen LogP contribution in [0.3, 0.4) is 0 Å². The minimum Gasteiger partial charge on any atom is -0.493 e. The Morgan fingerprint density at radius 3 is 2.29 bits per heavy atom. The first-order valence-corrected chi connectivity index (χ1v) is 11.2. The number of nitrogens with one attached hydrogen (secondary N) is 1. The number of hydrogen-bond acceptors (Lipinski definition) is 5. The number of nitrogens with zero attached hydrogens (tertiary/aromatic N) is 1. The van der Waals surface area contributed by atoms with Gasteiger partial charge >= 0.3 is 0 Å². The van der Waals surface area contributed by atoms with E-state index in [-0.39, 0.29) is 12.5 Å². The highest BCUT2D eigenvalue weighted by Crippen LogP contribution is 2.33. The largest absolute Gasteiger partial charge is 0.493 e. The van der Waals surface area contributed by atoms with E-state index in [0.717, 1.165) is 16.5 Å². The van der Waals surface area contributed by atoms with Gasteiger partial charge in [-0.05, 0) is 36.6 Å². The second-order valence-electron chi connectivity index (χ2n) is 8.13. The van der Waals surface area contributed by atoms with Gasteiger partial charge in [0.15, 0.2) is 11.5 Å². The Morgan fingerprint density at radius 2 is 1.65 bits per heavy atom. The molecule has 0 aliphatic rings.